The molecule has 0 saturated carbocycles. The van der Waals surface area contributed by atoms with Gasteiger partial charge in [-0.1, -0.05) is 0 Å². The Hall–Kier alpha value is -1.86. The minimum absolute atomic E-state index is 0.0195. The highest BCUT2D eigenvalue weighted by Crippen LogP contribution is 2.10. The van der Waals surface area contributed by atoms with Gasteiger partial charge in [-0.15, -0.1) is 0 Å². The van der Waals surface area contributed by atoms with E-state index in [0.29, 0.717) is 12.3 Å². The van der Waals surface area contributed by atoms with E-state index >= 15 is 0 Å². The molecule has 1 aromatic rings. The molecule has 3 N–H and O–H groups in total. The van der Waals surface area contributed by atoms with Gasteiger partial charge in [0.1, 0.15) is 6.10 Å². The maximum absolute atomic E-state index is 11.4. The molecule has 1 heterocycles. The predicted molar refractivity (Wildman–Crippen MR) is 68.3 cm³/mol. The lowest BCUT2D eigenvalue weighted by atomic mass is 10.2. The first-order valence-corrected chi connectivity index (χ1v) is 5.90. The van der Waals surface area contributed by atoms with E-state index in [2.05, 4.69) is 10.6 Å². The number of nitrogens with zero attached hydrogens (tertiary/aromatic N) is 1. The van der Waals surface area contributed by atoms with Crippen LogP contribution in [-0.2, 0) is 21.4 Å². The zero-order chi connectivity index (χ0) is 14.3. The van der Waals surface area contributed by atoms with E-state index in [0.717, 1.165) is 0 Å². The number of aromatic nitrogens is 1. The van der Waals surface area contributed by atoms with Crippen molar-refractivity contribution in [3.8, 4) is 0 Å². The van der Waals surface area contributed by atoms with Crippen LogP contribution in [0.5, 0.6) is 0 Å². The molecule has 0 saturated heterocycles. The molecule has 0 spiro atoms. The van der Waals surface area contributed by atoms with Crippen molar-refractivity contribution in [2.45, 2.75) is 6.10 Å². The Morgan fingerprint density at radius 2 is 2.11 bits per heavy atom. The smallest absolute Gasteiger partial charge is 0.309 e. The van der Waals surface area contributed by atoms with Crippen LogP contribution in [-0.4, -0.2) is 48.3 Å². The van der Waals surface area contributed by atoms with Gasteiger partial charge in [0.15, 0.2) is 0 Å². The van der Waals surface area contributed by atoms with Gasteiger partial charge in [-0.05, 0) is 12.1 Å². The minimum Gasteiger partial charge on any atom is -0.385 e. The van der Waals surface area contributed by atoms with Crippen molar-refractivity contribution in [3.05, 3.63) is 24.0 Å². The lowest BCUT2D eigenvalue weighted by Gasteiger charge is -2.13. The van der Waals surface area contributed by atoms with Gasteiger partial charge in [0, 0.05) is 39.1 Å². The fourth-order valence-corrected chi connectivity index (χ4v) is 1.54. The monoisotopic (exact) mass is 269 g/mol. The number of carbonyl (C=O) groups is 2. The molecule has 0 aliphatic heterocycles. The second-order valence-corrected chi connectivity index (χ2v) is 4.02. The number of aliphatic hydroxyl groups excluding tert-OH is 1. The third-order valence-corrected chi connectivity index (χ3v) is 2.58. The van der Waals surface area contributed by atoms with Gasteiger partial charge < -0.3 is 25.0 Å². The van der Waals surface area contributed by atoms with Gasteiger partial charge in [-0.25, -0.2) is 0 Å². The molecule has 1 aromatic heterocycles. The summed E-state index contributed by atoms with van der Waals surface area (Å²) < 4.78 is 6.49. The number of nitrogens with one attached hydrogen (secondary N) is 2. The topological polar surface area (TPSA) is 92.6 Å². The predicted octanol–water partition coefficient (Wildman–Crippen LogP) is -1.06. The standard InChI is InChI=1S/C12H19N3O4/c1-15-6-3-4-9(15)10(16)8-14-12(18)11(17)13-5-7-19-2/h3-4,6,10,16H,5,7-8H2,1-2H3,(H,13,17)(H,14,18)/t10-/m1/s1. The van der Waals surface area contributed by atoms with E-state index in [-0.39, 0.29) is 13.1 Å². The van der Waals surface area contributed by atoms with E-state index in [1.807, 2.05) is 0 Å². The van der Waals surface area contributed by atoms with E-state index in [9.17, 15) is 14.7 Å². The van der Waals surface area contributed by atoms with Crippen LogP contribution in [0.1, 0.15) is 11.8 Å². The van der Waals surface area contributed by atoms with E-state index in [4.69, 9.17) is 4.74 Å². The van der Waals surface area contributed by atoms with Crippen molar-refractivity contribution in [1.29, 1.82) is 0 Å². The molecule has 2 amide bonds. The maximum Gasteiger partial charge on any atom is 0.309 e. The minimum atomic E-state index is -0.851. The summed E-state index contributed by atoms with van der Waals surface area (Å²) in [7, 11) is 3.29. The molecule has 0 bridgehead atoms. The fourth-order valence-electron chi connectivity index (χ4n) is 1.54. The first-order chi connectivity index (χ1) is 9.06. The largest absolute Gasteiger partial charge is 0.385 e. The van der Waals surface area contributed by atoms with Gasteiger partial charge in [-0.2, -0.15) is 0 Å². The summed E-state index contributed by atoms with van der Waals surface area (Å²) in [5, 5.41) is 14.6. The summed E-state index contributed by atoms with van der Waals surface area (Å²) in [4.78, 5) is 22.7. The Kier molecular flexibility index (Phi) is 6.04. The molecule has 0 aliphatic rings. The second kappa shape index (κ2) is 7.55. The number of methoxy groups -OCH3 is 1. The summed E-state index contributed by atoms with van der Waals surface area (Å²) in [6, 6.07) is 3.54. The molecular weight excluding hydrogens is 250 g/mol. The van der Waals surface area contributed by atoms with Crippen molar-refractivity contribution in [2.75, 3.05) is 26.8 Å². The van der Waals surface area contributed by atoms with E-state index < -0.39 is 17.9 Å². The fraction of sp³-hybridized carbons (Fsp3) is 0.500. The van der Waals surface area contributed by atoms with Crippen LogP contribution in [0.4, 0.5) is 0 Å². The molecule has 0 unspecified atom stereocenters. The third-order valence-electron chi connectivity index (χ3n) is 2.58. The summed E-state index contributed by atoms with van der Waals surface area (Å²) in [5.74, 6) is -1.51. The number of aliphatic hydroxyl groups is 1. The van der Waals surface area contributed by atoms with Crippen LogP contribution in [0.25, 0.3) is 0 Å². The van der Waals surface area contributed by atoms with Gasteiger partial charge >= 0.3 is 11.8 Å². The highest BCUT2D eigenvalue weighted by atomic mass is 16.5. The zero-order valence-corrected chi connectivity index (χ0v) is 11.0. The molecule has 1 rings (SSSR count). The molecule has 0 aromatic carbocycles. The van der Waals surface area contributed by atoms with Crippen LogP contribution >= 0.6 is 0 Å². The molecule has 106 valence electrons. The first-order valence-electron chi connectivity index (χ1n) is 5.90. The molecule has 0 radical (unpaired) electrons. The van der Waals surface area contributed by atoms with Gasteiger partial charge in [-0.3, -0.25) is 9.59 Å². The SMILES string of the molecule is COCCNC(=O)C(=O)NC[C@@H](O)c1cccn1C. The Labute approximate surface area is 111 Å². The van der Waals surface area contributed by atoms with E-state index in [1.165, 1.54) is 7.11 Å². The highest BCUT2D eigenvalue weighted by molar-refractivity contribution is 6.35. The Morgan fingerprint density at radius 1 is 1.42 bits per heavy atom. The Morgan fingerprint density at radius 3 is 2.68 bits per heavy atom. The van der Waals surface area contributed by atoms with Gasteiger partial charge in [0.05, 0.1) is 6.61 Å². The van der Waals surface area contributed by atoms with Crippen LogP contribution in [0.15, 0.2) is 18.3 Å². The molecule has 1 atom stereocenters. The van der Waals surface area contributed by atoms with Crippen molar-refractivity contribution in [1.82, 2.24) is 15.2 Å². The highest BCUT2D eigenvalue weighted by Gasteiger charge is 2.16. The lowest BCUT2D eigenvalue weighted by molar-refractivity contribution is -0.139. The van der Waals surface area contributed by atoms with E-state index in [1.54, 1.807) is 29.9 Å². The number of carbonyl (C=O) groups excluding carboxylic acids is 2. The average Bonchev–Trinajstić information content (AvgIpc) is 2.82. The molecular formula is C12H19N3O4. The third kappa shape index (κ3) is 4.72. The Balaban J connectivity index is 2.34. The summed E-state index contributed by atoms with van der Waals surface area (Å²) in [6.45, 7) is 0.586. The maximum atomic E-state index is 11.4. The number of hydrogen-bond donors (Lipinski definition) is 3. The molecule has 7 nitrogen and oxygen atoms in total. The van der Waals surface area contributed by atoms with Crippen molar-refractivity contribution < 1.29 is 19.4 Å². The van der Waals surface area contributed by atoms with Crippen LogP contribution in [0, 0.1) is 0 Å². The summed E-state index contributed by atoms with van der Waals surface area (Å²) >= 11 is 0. The Bertz CT molecular complexity index is 430. The number of aryl methyl sites for hydroxylation is 1. The summed E-state index contributed by atoms with van der Waals surface area (Å²) in [6.07, 6.45) is 0.938. The molecule has 19 heavy (non-hydrogen) atoms. The summed E-state index contributed by atoms with van der Waals surface area (Å²) in [5.41, 5.74) is 0.667. The van der Waals surface area contributed by atoms with Crippen molar-refractivity contribution in [3.63, 3.8) is 0 Å². The zero-order valence-electron chi connectivity index (χ0n) is 11.0. The molecule has 7 heteroatoms. The average molecular weight is 269 g/mol. The number of rotatable bonds is 6. The van der Waals surface area contributed by atoms with Crippen molar-refractivity contribution in [2.24, 2.45) is 7.05 Å². The first kappa shape index (κ1) is 15.2. The van der Waals surface area contributed by atoms with Crippen LogP contribution in [0.3, 0.4) is 0 Å². The molecule has 0 aliphatic carbocycles. The number of hydrogen-bond acceptors (Lipinski definition) is 4. The van der Waals surface area contributed by atoms with Crippen molar-refractivity contribution >= 4 is 11.8 Å². The van der Waals surface area contributed by atoms with Crippen LogP contribution < -0.4 is 10.6 Å². The van der Waals surface area contributed by atoms with Gasteiger partial charge in [0.2, 0.25) is 0 Å². The number of ether oxygens (including phenoxy) is 1. The van der Waals surface area contributed by atoms with Crippen LogP contribution in [0.2, 0.25) is 0 Å². The molecule has 0 fully saturated rings. The normalized spacial score (nSPS) is 11.9. The lowest BCUT2D eigenvalue weighted by Crippen LogP contribution is -2.42. The van der Waals surface area contributed by atoms with Gasteiger partial charge in [0.25, 0.3) is 0 Å². The second-order valence-electron chi connectivity index (χ2n) is 4.02. The number of amides is 2. The quantitative estimate of drug-likeness (QED) is 0.453.